The second-order valence-electron chi connectivity index (χ2n) is 13.3. The van der Waals surface area contributed by atoms with Crippen molar-refractivity contribution >= 4 is 37.9 Å². The summed E-state index contributed by atoms with van der Waals surface area (Å²) in [7, 11) is -6.46. The van der Waals surface area contributed by atoms with Crippen LogP contribution in [-0.2, 0) is 40.3 Å². The summed E-state index contributed by atoms with van der Waals surface area (Å²) in [5, 5.41) is 26.3. The Bertz CT molecular complexity index is 1940. The standard InChI is InChI=1S/C40H60N8O8P2/c1-7-11-26-51-37-20-18-36(19-21-37)43-45-40-32-47(46-33(40)5)24-29-58(50,55-10-4)56-28-15-13-12-14-27-52-38-22-16-35(17-23-38)42-44-39-31-41-48(34(39)6)25-30-57(49,53-8-2)54-9-3/h16-23,31-32H,7-15,24-30H2,1-6H3. The van der Waals surface area contributed by atoms with Crippen LogP contribution in [0.15, 0.2) is 81.4 Å². The fourth-order valence-corrected chi connectivity index (χ4v) is 8.71. The van der Waals surface area contributed by atoms with Gasteiger partial charge in [0.15, 0.2) is 0 Å². The van der Waals surface area contributed by atoms with E-state index in [1.807, 2.05) is 69.3 Å². The quantitative estimate of drug-likeness (QED) is 0.0290. The first-order valence-corrected chi connectivity index (χ1v) is 23.7. The maximum atomic E-state index is 13.4. The lowest BCUT2D eigenvalue weighted by molar-refractivity contribution is 0.206. The van der Waals surface area contributed by atoms with Crippen LogP contribution in [0.4, 0.5) is 22.7 Å². The van der Waals surface area contributed by atoms with Crippen molar-refractivity contribution in [3.63, 3.8) is 0 Å². The average Bonchev–Trinajstić information content (AvgIpc) is 3.76. The minimum absolute atomic E-state index is 0.201. The SMILES string of the molecule is CCCCOc1ccc(N=Nc2cn(CCP(=O)(OCC)OCCCCCCOc3ccc(N=Nc4cnn(CCP(=O)(OCC)OCC)c4C)cc3)nc2C)cc1. The predicted molar refractivity (Wildman–Crippen MR) is 225 cm³/mol. The number of ether oxygens (including phenoxy) is 2. The second kappa shape index (κ2) is 24.8. The van der Waals surface area contributed by atoms with E-state index in [1.165, 1.54) is 0 Å². The fraction of sp³-hybridized carbons (Fsp3) is 0.550. The van der Waals surface area contributed by atoms with Crippen LogP contribution in [-0.4, -0.2) is 71.5 Å². The summed E-state index contributed by atoms with van der Waals surface area (Å²) in [6.07, 6.45) is 9.42. The Morgan fingerprint density at radius 1 is 0.603 bits per heavy atom. The maximum Gasteiger partial charge on any atom is 0.332 e. The Morgan fingerprint density at radius 2 is 1.12 bits per heavy atom. The fourth-order valence-electron chi connectivity index (χ4n) is 5.57. The van der Waals surface area contributed by atoms with Gasteiger partial charge >= 0.3 is 15.2 Å². The number of rotatable bonds is 29. The van der Waals surface area contributed by atoms with Crippen molar-refractivity contribution in [2.24, 2.45) is 20.5 Å². The lowest BCUT2D eigenvalue weighted by atomic mass is 10.2. The van der Waals surface area contributed by atoms with Crippen LogP contribution in [0.25, 0.3) is 0 Å². The third-order valence-electron chi connectivity index (χ3n) is 8.75. The molecule has 2 aromatic carbocycles. The Hall–Kier alpha value is -4.04. The molecular formula is C40H60N8O8P2. The number of aryl methyl sites for hydroxylation is 3. The average molecular weight is 843 g/mol. The molecule has 4 aromatic rings. The summed E-state index contributed by atoms with van der Waals surface area (Å²) >= 11 is 0. The molecule has 0 bridgehead atoms. The molecule has 0 amide bonds. The number of benzene rings is 2. The predicted octanol–water partition coefficient (Wildman–Crippen LogP) is 11.9. The van der Waals surface area contributed by atoms with Gasteiger partial charge in [-0.3, -0.25) is 18.5 Å². The molecule has 16 nitrogen and oxygen atoms in total. The van der Waals surface area contributed by atoms with Crippen LogP contribution in [0.2, 0.25) is 0 Å². The van der Waals surface area contributed by atoms with E-state index in [0.29, 0.717) is 75.5 Å². The molecule has 0 N–H and O–H groups in total. The summed E-state index contributed by atoms with van der Waals surface area (Å²) in [4.78, 5) is 0. The summed E-state index contributed by atoms with van der Waals surface area (Å²) in [5.74, 6) is 1.56. The number of hydrogen-bond acceptors (Lipinski definition) is 14. The molecule has 58 heavy (non-hydrogen) atoms. The molecule has 0 saturated heterocycles. The third kappa shape index (κ3) is 16.0. The molecule has 2 heterocycles. The molecule has 18 heteroatoms. The van der Waals surface area contributed by atoms with Crippen LogP contribution >= 0.6 is 15.2 Å². The van der Waals surface area contributed by atoms with Gasteiger partial charge in [-0.25, -0.2) is 0 Å². The van der Waals surface area contributed by atoms with E-state index in [2.05, 4.69) is 37.6 Å². The van der Waals surface area contributed by atoms with Crippen LogP contribution < -0.4 is 9.47 Å². The minimum Gasteiger partial charge on any atom is -0.494 e. The van der Waals surface area contributed by atoms with Gasteiger partial charge in [0.25, 0.3) is 0 Å². The van der Waals surface area contributed by atoms with E-state index in [0.717, 1.165) is 61.4 Å². The highest BCUT2D eigenvalue weighted by atomic mass is 31.2. The molecule has 0 saturated carbocycles. The summed E-state index contributed by atoms with van der Waals surface area (Å²) in [6, 6.07) is 14.9. The lowest BCUT2D eigenvalue weighted by Crippen LogP contribution is -2.09. The zero-order valence-electron chi connectivity index (χ0n) is 34.8. The number of unbranched alkanes of at least 4 members (excludes halogenated alkanes) is 4. The van der Waals surface area contributed by atoms with Gasteiger partial charge in [0, 0.05) is 0 Å². The Kier molecular flexibility index (Phi) is 19.9. The number of hydrogen-bond donors (Lipinski definition) is 0. The van der Waals surface area contributed by atoms with Crippen LogP contribution in [0.1, 0.15) is 77.6 Å². The number of azo groups is 2. The van der Waals surface area contributed by atoms with Crippen molar-refractivity contribution < 1.29 is 36.7 Å². The van der Waals surface area contributed by atoms with Crippen molar-refractivity contribution in [1.82, 2.24) is 19.6 Å². The van der Waals surface area contributed by atoms with E-state index in [1.54, 1.807) is 35.6 Å². The molecule has 1 atom stereocenters. The minimum atomic E-state index is -3.30. The molecule has 0 fully saturated rings. The van der Waals surface area contributed by atoms with Crippen molar-refractivity contribution in [3.05, 3.63) is 72.3 Å². The van der Waals surface area contributed by atoms with Gasteiger partial charge in [-0.05, 0) is 109 Å². The Morgan fingerprint density at radius 3 is 1.69 bits per heavy atom. The van der Waals surface area contributed by atoms with Gasteiger partial charge in [-0.1, -0.05) is 19.8 Å². The van der Waals surface area contributed by atoms with Crippen LogP contribution in [0.5, 0.6) is 11.5 Å². The van der Waals surface area contributed by atoms with Crippen molar-refractivity contribution in [2.75, 3.05) is 52.0 Å². The molecule has 1 unspecified atom stereocenters. The molecule has 318 valence electrons. The first-order chi connectivity index (χ1) is 28.1. The zero-order valence-corrected chi connectivity index (χ0v) is 36.6. The van der Waals surface area contributed by atoms with Gasteiger partial charge in [0.2, 0.25) is 0 Å². The molecular weight excluding hydrogens is 782 g/mol. The molecule has 0 spiro atoms. The van der Waals surface area contributed by atoms with Crippen LogP contribution in [0, 0.1) is 13.8 Å². The third-order valence-corrected chi connectivity index (χ3v) is 12.8. The van der Waals surface area contributed by atoms with E-state index in [9.17, 15) is 9.13 Å². The Labute approximate surface area is 342 Å². The molecule has 0 aliphatic rings. The summed E-state index contributed by atoms with van der Waals surface area (Å²) in [6.45, 7) is 14.6. The van der Waals surface area contributed by atoms with E-state index < -0.39 is 15.2 Å². The van der Waals surface area contributed by atoms with Gasteiger partial charge < -0.3 is 27.6 Å². The van der Waals surface area contributed by atoms with Crippen molar-refractivity contribution in [3.8, 4) is 11.5 Å². The topological polar surface area (TPSA) is 175 Å². The van der Waals surface area contributed by atoms with Crippen molar-refractivity contribution in [2.45, 2.75) is 93.2 Å². The lowest BCUT2D eigenvalue weighted by Gasteiger charge is -2.17. The smallest absolute Gasteiger partial charge is 0.332 e. The molecule has 0 aliphatic carbocycles. The van der Waals surface area contributed by atoms with E-state index in [4.69, 9.17) is 27.6 Å². The van der Waals surface area contributed by atoms with Gasteiger partial charge in [0.1, 0.15) is 22.9 Å². The Balaban J connectivity index is 1.12. The van der Waals surface area contributed by atoms with Gasteiger partial charge in [0.05, 0.1) is 100 Å². The van der Waals surface area contributed by atoms with E-state index in [-0.39, 0.29) is 12.3 Å². The van der Waals surface area contributed by atoms with Gasteiger partial charge in [-0.15, -0.1) is 10.2 Å². The molecule has 0 aliphatic heterocycles. The maximum absolute atomic E-state index is 13.4. The highest BCUT2D eigenvalue weighted by Crippen LogP contribution is 2.49. The second-order valence-corrected chi connectivity index (χ2v) is 17.7. The molecule has 2 aromatic heterocycles. The summed E-state index contributed by atoms with van der Waals surface area (Å²) < 4.78 is 63.5. The van der Waals surface area contributed by atoms with Crippen LogP contribution in [0.3, 0.4) is 0 Å². The number of aromatic nitrogens is 4. The first kappa shape index (κ1) is 46.6. The van der Waals surface area contributed by atoms with Gasteiger partial charge in [-0.2, -0.15) is 20.4 Å². The zero-order chi connectivity index (χ0) is 41.6. The molecule has 4 rings (SSSR count). The first-order valence-electron chi connectivity index (χ1n) is 20.2. The highest BCUT2D eigenvalue weighted by Gasteiger charge is 2.25. The summed E-state index contributed by atoms with van der Waals surface area (Å²) in [5.41, 5.74) is 4.18. The van der Waals surface area contributed by atoms with E-state index >= 15 is 0 Å². The largest absolute Gasteiger partial charge is 0.494 e. The number of nitrogens with zero attached hydrogens (tertiary/aromatic N) is 8. The molecule has 0 radical (unpaired) electrons. The normalized spacial score (nSPS) is 13.1. The van der Waals surface area contributed by atoms with Crippen molar-refractivity contribution in [1.29, 1.82) is 0 Å². The highest BCUT2D eigenvalue weighted by molar-refractivity contribution is 7.54. The monoisotopic (exact) mass is 842 g/mol.